The van der Waals surface area contributed by atoms with Crippen molar-refractivity contribution in [1.82, 2.24) is 0 Å². The van der Waals surface area contributed by atoms with E-state index in [1.807, 2.05) is 12.1 Å². The Bertz CT molecular complexity index is 331. The van der Waals surface area contributed by atoms with Gasteiger partial charge in [-0.15, -0.1) is 0 Å². The first-order valence-electron chi connectivity index (χ1n) is 5.13. The summed E-state index contributed by atoms with van der Waals surface area (Å²) >= 11 is 0. The molecule has 2 rings (SSSR count). The van der Waals surface area contributed by atoms with Gasteiger partial charge in [0.2, 0.25) is 0 Å². The Balaban J connectivity index is 2.31. The molecule has 0 aliphatic heterocycles. The molecule has 1 aromatic carbocycles. The molecule has 1 fully saturated rings. The molecular formula is C12H17NO. The van der Waals surface area contributed by atoms with Crippen molar-refractivity contribution in [1.29, 1.82) is 0 Å². The summed E-state index contributed by atoms with van der Waals surface area (Å²) in [6, 6.07) is 6.31. The van der Waals surface area contributed by atoms with Crippen LogP contribution in [0.2, 0.25) is 0 Å². The van der Waals surface area contributed by atoms with Gasteiger partial charge in [0.25, 0.3) is 0 Å². The third-order valence-electron chi connectivity index (χ3n) is 3.03. The van der Waals surface area contributed by atoms with E-state index in [-0.39, 0.29) is 6.04 Å². The van der Waals surface area contributed by atoms with Crippen molar-refractivity contribution >= 4 is 0 Å². The number of rotatable bonds is 3. The van der Waals surface area contributed by atoms with Gasteiger partial charge in [0.1, 0.15) is 5.75 Å². The predicted octanol–water partition coefficient (Wildman–Crippen LogP) is 2.41. The zero-order valence-electron chi connectivity index (χ0n) is 8.79. The van der Waals surface area contributed by atoms with E-state index >= 15 is 0 Å². The zero-order chi connectivity index (χ0) is 10.1. The van der Waals surface area contributed by atoms with Gasteiger partial charge in [-0.2, -0.15) is 0 Å². The van der Waals surface area contributed by atoms with Gasteiger partial charge in [0.05, 0.1) is 7.11 Å². The first-order valence-corrected chi connectivity index (χ1v) is 5.13. The lowest BCUT2D eigenvalue weighted by Crippen LogP contribution is -2.14. The van der Waals surface area contributed by atoms with Gasteiger partial charge >= 0.3 is 0 Å². The highest BCUT2D eigenvalue weighted by molar-refractivity contribution is 5.41. The average Bonchev–Trinajstić information content (AvgIpc) is 3.00. The van der Waals surface area contributed by atoms with E-state index in [4.69, 9.17) is 10.5 Å². The number of hydrogen-bond acceptors (Lipinski definition) is 2. The number of nitrogens with two attached hydrogens (primary N) is 1. The lowest BCUT2D eigenvalue weighted by atomic mass is 9.98. The molecule has 2 N–H and O–H groups in total. The van der Waals surface area contributed by atoms with E-state index in [1.165, 1.54) is 24.0 Å². The lowest BCUT2D eigenvalue weighted by Gasteiger charge is -2.15. The molecule has 2 heteroatoms. The van der Waals surface area contributed by atoms with Gasteiger partial charge in [-0.05, 0) is 42.9 Å². The number of hydrogen-bond donors (Lipinski definition) is 1. The second-order valence-electron chi connectivity index (χ2n) is 4.04. The topological polar surface area (TPSA) is 35.2 Å². The minimum atomic E-state index is 0.199. The Hall–Kier alpha value is -1.02. The Morgan fingerprint density at radius 2 is 2.14 bits per heavy atom. The summed E-state index contributed by atoms with van der Waals surface area (Å²) in [7, 11) is 1.70. The minimum Gasteiger partial charge on any atom is -0.496 e. The largest absolute Gasteiger partial charge is 0.496 e. The summed E-state index contributed by atoms with van der Waals surface area (Å²) in [5.41, 5.74) is 8.60. The fourth-order valence-electron chi connectivity index (χ4n) is 1.92. The van der Waals surface area contributed by atoms with Crippen molar-refractivity contribution in [3.63, 3.8) is 0 Å². The first-order chi connectivity index (χ1) is 6.74. The van der Waals surface area contributed by atoms with E-state index in [9.17, 15) is 0 Å². The van der Waals surface area contributed by atoms with Crippen molar-refractivity contribution < 1.29 is 4.74 Å². The molecule has 1 saturated carbocycles. The summed E-state index contributed by atoms with van der Waals surface area (Å²) in [5.74, 6) is 1.64. The van der Waals surface area contributed by atoms with Crippen LogP contribution in [0.4, 0.5) is 0 Å². The molecule has 14 heavy (non-hydrogen) atoms. The Morgan fingerprint density at radius 1 is 1.43 bits per heavy atom. The van der Waals surface area contributed by atoms with Gasteiger partial charge in [-0.3, -0.25) is 0 Å². The highest BCUT2D eigenvalue weighted by Crippen LogP contribution is 2.41. The van der Waals surface area contributed by atoms with Crippen LogP contribution in [-0.4, -0.2) is 7.11 Å². The molecule has 1 aliphatic carbocycles. The Labute approximate surface area is 85.1 Å². The zero-order valence-corrected chi connectivity index (χ0v) is 8.79. The molecule has 1 atom stereocenters. The van der Waals surface area contributed by atoms with Crippen molar-refractivity contribution in [3.05, 3.63) is 29.3 Å². The van der Waals surface area contributed by atoms with Gasteiger partial charge < -0.3 is 10.5 Å². The van der Waals surface area contributed by atoms with E-state index in [0.717, 1.165) is 5.75 Å². The SMILES string of the molecule is COc1cccc([C@H](N)C2CC2)c1C. The molecule has 0 bridgehead atoms. The molecule has 0 amide bonds. The van der Waals surface area contributed by atoms with Gasteiger partial charge in [0, 0.05) is 6.04 Å². The van der Waals surface area contributed by atoms with Crippen LogP contribution in [0.5, 0.6) is 5.75 Å². The van der Waals surface area contributed by atoms with Crippen LogP contribution >= 0.6 is 0 Å². The number of methoxy groups -OCH3 is 1. The molecule has 0 spiro atoms. The van der Waals surface area contributed by atoms with Crippen LogP contribution in [0.3, 0.4) is 0 Å². The third-order valence-corrected chi connectivity index (χ3v) is 3.03. The Morgan fingerprint density at radius 3 is 2.71 bits per heavy atom. The molecular weight excluding hydrogens is 174 g/mol. The van der Waals surface area contributed by atoms with Crippen LogP contribution in [0, 0.1) is 12.8 Å². The highest BCUT2D eigenvalue weighted by Gasteiger charge is 2.30. The molecule has 0 radical (unpaired) electrons. The smallest absolute Gasteiger partial charge is 0.122 e. The van der Waals surface area contributed by atoms with Crippen LogP contribution in [-0.2, 0) is 0 Å². The maximum Gasteiger partial charge on any atom is 0.122 e. The summed E-state index contributed by atoms with van der Waals surface area (Å²) < 4.78 is 5.28. The quantitative estimate of drug-likeness (QED) is 0.796. The maximum atomic E-state index is 6.17. The van der Waals surface area contributed by atoms with E-state index in [1.54, 1.807) is 7.11 Å². The standard InChI is InChI=1S/C12H17NO/c1-8-10(12(13)9-6-7-9)4-3-5-11(8)14-2/h3-5,9,12H,6-7,13H2,1-2H3/t12-/m1/s1. The fraction of sp³-hybridized carbons (Fsp3) is 0.500. The van der Waals surface area contributed by atoms with Crippen molar-refractivity contribution in [2.75, 3.05) is 7.11 Å². The number of ether oxygens (including phenoxy) is 1. The van der Waals surface area contributed by atoms with Crippen LogP contribution in [0.1, 0.15) is 30.0 Å². The molecule has 1 aromatic rings. The van der Waals surface area contributed by atoms with Crippen LogP contribution in [0.25, 0.3) is 0 Å². The maximum absolute atomic E-state index is 6.17. The minimum absolute atomic E-state index is 0.199. The molecule has 76 valence electrons. The summed E-state index contributed by atoms with van der Waals surface area (Å²) in [6.45, 7) is 2.08. The third kappa shape index (κ3) is 1.62. The summed E-state index contributed by atoms with van der Waals surface area (Å²) in [5, 5.41) is 0. The number of benzene rings is 1. The molecule has 0 saturated heterocycles. The van der Waals surface area contributed by atoms with Crippen LogP contribution < -0.4 is 10.5 Å². The summed E-state index contributed by atoms with van der Waals surface area (Å²) in [4.78, 5) is 0. The summed E-state index contributed by atoms with van der Waals surface area (Å²) in [6.07, 6.45) is 2.55. The van der Waals surface area contributed by atoms with Gasteiger partial charge in [-0.1, -0.05) is 12.1 Å². The van der Waals surface area contributed by atoms with Gasteiger partial charge in [-0.25, -0.2) is 0 Å². The van der Waals surface area contributed by atoms with Crippen molar-refractivity contribution in [2.45, 2.75) is 25.8 Å². The predicted molar refractivity (Wildman–Crippen MR) is 57.4 cm³/mol. The average molecular weight is 191 g/mol. The lowest BCUT2D eigenvalue weighted by molar-refractivity contribution is 0.410. The van der Waals surface area contributed by atoms with E-state index in [0.29, 0.717) is 5.92 Å². The fourth-order valence-corrected chi connectivity index (χ4v) is 1.92. The second-order valence-corrected chi connectivity index (χ2v) is 4.04. The molecule has 0 aromatic heterocycles. The first kappa shape index (κ1) is 9.53. The normalized spacial score (nSPS) is 17.9. The molecule has 2 nitrogen and oxygen atoms in total. The van der Waals surface area contributed by atoms with Crippen molar-refractivity contribution in [2.24, 2.45) is 11.7 Å². The molecule has 1 aliphatic rings. The monoisotopic (exact) mass is 191 g/mol. The second kappa shape index (κ2) is 3.62. The van der Waals surface area contributed by atoms with E-state index < -0.39 is 0 Å². The molecule has 0 heterocycles. The van der Waals surface area contributed by atoms with E-state index in [2.05, 4.69) is 13.0 Å². The van der Waals surface area contributed by atoms with Crippen molar-refractivity contribution in [3.8, 4) is 5.75 Å². The van der Waals surface area contributed by atoms with Crippen LogP contribution in [0.15, 0.2) is 18.2 Å². The Kier molecular flexibility index (Phi) is 2.46. The van der Waals surface area contributed by atoms with Gasteiger partial charge in [0.15, 0.2) is 0 Å². The highest BCUT2D eigenvalue weighted by atomic mass is 16.5. The molecule has 0 unspecified atom stereocenters.